The van der Waals surface area contributed by atoms with Gasteiger partial charge in [0.05, 0.1) is 18.7 Å². The third-order valence-corrected chi connectivity index (χ3v) is 6.28. The van der Waals surface area contributed by atoms with Crippen molar-refractivity contribution >= 4 is 34.7 Å². The highest BCUT2D eigenvalue weighted by Gasteiger charge is 2.47. The lowest BCUT2D eigenvalue weighted by Crippen LogP contribution is -2.29. The zero-order chi connectivity index (χ0) is 25.5. The number of benzene rings is 3. The molecule has 0 bridgehead atoms. The Morgan fingerprint density at radius 1 is 1.03 bits per heavy atom. The van der Waals surface area contributed by atoms with Crippen molar-refractivity contribution < 1.29 is 23.8 Å². The summed E-state index contributed by atoms with van der Waals surface area (Å²) >= 11 is 6.01. The molecule has 0 spiro atoms. The second-order valence-corrected chi connectivity index (χ2v) is 9.77. The first-order valence-corrected chi connectivity index (χ1v) is 11.4. The van der Waals surface area contributed by atoms with Gasteiger partial charge in [-0.1, -0.05) is 50.6 Å². The summed E-state index contributed by atoms with van der Waals surface area (Å²) in [6.45, 7) is 5.98. The van der Waals surface area contributed by atoms with Gasteiger partial charge in [0.2, 0.25) is 0 Å². The standard InChI is InChI=1S/C28H25ClFNO4/c1-28(2,3)20-15-16(9-14-22(20)35-4)25(32)23-24(19-7-5-6-8-21(19)30)31(27(34)26(23)33)18-12-10-17(29)11-13-18/h5-15,24,32H,1-4H3/b25-23+. The number of aliphatic hydroxyl groups is 1. The molecular formula is C28H25ClFNO4. The van der Waals surface area contributed by atoms with Crippen LogP contribution in [-0.4, -0.2) is 23.9 Å². The van der Waals surface area contributed by atoms with Gasteiger partial charge < -0.3 is 9.84 Å². The van der Waals surface area contributed by atoms with Crippen LogP contribution < -0.4 is 9.64 Å². The number of Topliss-reactive ketones (excluding diaryl/α,β-unsaturated/α-hetero) is 1. The molecule has 0 aliphatic carbocycles. The van der Waals surface area contributed by atoms with Gasteiger partial charge >= 0.3 is 0 Å². The molecule has 1 N–H and O–H groups in total. The number of ketones is 1. The van der Waals surface area contributed by atoms with Gasteiger partial charge in [-0.2, -0.15) is 0 Å². The first kappa shape index (κ1) is 24.5. The van der Waals surface area contributed by atoms with Crippen LogP contribution >= 0.6 is 11.6 Å². The lowest BCUT2D eigenvalue weighted by Gasteiger charge is -2.26. The van der Waals surface area contributed by atoms with E-state index in [9.17, 15) is 14.7 Å². The van der Waals surface area contributed by atoms with Gasteiger partial charge in [0.15, 0.2) is 0 Å². The van der Waals surface area contributed by atoms with Crippen molar-refractivity contribution in [1.82, 2.24) is 0 Å². The van der Waals surface area contributed by atoms with Crippen LogP contribution in [0.4, 0.5) is 10.1 Å². The second kappa shape index (κ2) is 9.19. The van der Waals surface area contributed by atoms with E-state index in [4.69, 9.17) is 16.3 Å². The number of nitrogens with zero attached hydrogens (tertiary/aromatic N) is 1. The first-order valence-electron chi connectivity index (χ1n) is 11.0. The number of aliphatic hydroxyl groups excluding tert-OH is 1. The van der Waals surface area contributed by atoms with Crippen molar-refractivity contribution in [3.63, 3.8) is 0 Å². The normalized spacial score (nSPS) is 17.7. The molecule has 35 heavy (non-hydrogen) atoms. The molecule has 4 rings (SSSR count). The molecule has 3 aromatic carbocycles. The molecule has 0 aromatic heterocycles. The number of carbonyl (C=O) groups is 2. The van der Waals surface area contributed by atoms with Gasteiger partial charge in [-0.15, -0.1) is 0 Å². The van der Waals surface area contributed by atoms with Crippen molar-refractivity contribution in [1.29, 1.82) is 0 Å². The number of carbonyl (C=O) groups excluding carboxylic acids is 2. The minimum absolute atomic E-state index is 0.0905. The lowest BCUT2D eigenvalue weighted by atomic mass is 9.84. The fourth-order valence-corrected chi connectivity index (χ4v) is 4.41. The molecule has 3 aromatic rings. The SMILES string of the molecule is COc1ccc(/C(O)=C2\C(=O)C(=O)N(c3ccc(Cl)cc3)C2c2ccccc2F)cc1C(C)(C)C. The van der Waals surface area contributed by atoms with E-state index in [1.807, 2.05) is 20.8 Å². The molecule has 0 radical (unpaired) electrons. The maximum Gasteiger partial charge on any atom is 0.300 e. The van der Waals surface area contributed by atoms with Crippen molar-refractivity contribution in [3.05, 3.63) is 99.8 Å². The number of amides is 1. The predicted octanol–water partition coefficient (Wildman–Crippen LogP) is 6.41. The van der Waals surface area contributed by atoms with E-state index in [0.29, 0.717) is 22.0 Å². The van der Waals surface area contributed by atoms with Crippen molar-refractivity contribution in [2.24, 2.45) is 0 Å². The van der Waals surface area contributed by atoms with Gasteiger partial charge in [-0.05, 0) is 53.9 Å². The average Bonchev–Trinajstić information content (AvgIpc) is 3.08. The van der Waals surface area contributed by atoms with Crippen LogP contribution in [0.15, 0.2) is 72.3 Å². The molecular weight excluding hydrogens is 469 g/mol. The van der Waals surface area contributed by atoms with Crippen LogP contribution in [-0.2, 0) is 15.0 Å². The Balaban J connectivity index is 1.97. The van der Waals surface area contributed by atoms with Crippen LogP contribution in [0.3, 0.4) is 0 Å². The number of anilines is 1. The van der Waals surface area contributed by atoms with Crippen LogP contribution in [0.2, 0.25) is 5.02 Å². The highest BCUT2D eigenvalue weighted by atomic mass is 35.5. The van der Waals surface area contributed by atoms with Gasteiger partial charge in [0, 0.05) is 27.4 Å². The third kappa shape index (κ3) is 4.42. The Morgan fingerprint density at radius 2 is 1.69 bits per heavy atom. The second-order valence-electron chi connectivity index (χ2n) is 9.33. The van der Waals surface area contributed by atoms with E-state index in [-0.39, 0.29) is 22.3 Å². The summed E-state index contributed by atoms with van der Waals surface area (Å²) in [6.07, 6.45) is 0. The Hall–Kier alpha value is -3.64. The number of methoxy groups -OCH3 is 1. The van der Waals surface area contributed by atoms with Crippen molar-refractivity contribution in [3.8, 4) is 5.75 Å². The third-order valence-electron chi connectivity index (χ3n) is 6.03. The van der Waals surface area contributed by atoms with Crippen LogP contribution in [0, 0.1) is 5.82 Å². The summed E-state index contributed by atoms with van der Waals surface area (Å²) in [5.41, 5.74) is 1.05. The summed E-state index contributed by atoms with van der Waals surface area (Å²) in [4.78, 5) is 27.7. The monoisotopic (exact) mass is 493 g/mol. The average molecular weight is 494 g/mol. The molecule has 1 saturated heterocycles. The molecule has 5 nitrogen and oxygen atoms in total. The molecule has 7 heteroatoms. The number of rotatable bonds is 4. The number of hydrogen-bond donors (Lipinski definition) is 1. The summed E-state index contributed by atoms with van der Waals surface area (Å²) in [5, 5.41) is 11.8. The van der Waals surface area contributed by atoms with Gasteiger partial charge in [-0.25, -0.2) is 4.39 Å². The minimum Gasteiger partial charge on any atom is -0.507 e. The smallest absolute Gasteiger partial charge is 0.300 e. The maximum atomic E-state index is 15.0. The highest BCUT2D eigenvalue weighted by molar-refractivity contribution is 6.51. The quantitative estimate of drug-likeness (QED) is 0.259. The molecule has 0 saturated carbocycles. The summed E-state index contributed by atoms with van der Waals surface area (Å²) in [6, 6.07) is 16.1. The molecule has 1 unspecified atom stereocenters. The van der Waals surface area contributed by atoms with E-state index < -0.39 is 23.5 Å². The predicted molar refractivity (Wildman–Crippen MR) is 134 cm³/mol. The minimum atomic E-state index is -1.17. The fourth-order valence-electron chi connectivity index (χ4n) is 4.29. The van der Waals surface area contributed by atoms with Crippen molar-refractivity contribution in [2.45, 2.75) is 32.2 Å². The van der Waals surface area contributed by atoms with Crippen LogP contribution in [0.25, 0.3) is 5.76 Å². The van der Waals surface area contributed by atoms with Crippen LogP contribution in [0.5, 0.6) is 5.75 Å². The van der Waals surface area contributed by atoms with Gasteiger partial charge in [-0.3, -0.25) is 14.5 Å². The molecule has 1 heterocycles. The number of ether oxygens (including phenoxy) is 1. The largest absolute Gasteiger partial charge is 0.507 e. The van der Waals surface area contributed by atoms with E-state index in [1.165, 1.54) is 23.1 Å². The highest BCUT2D eigenvalue weighted by Crippen LogP contribution is 2.44. The maximum absolute atomic E-state index is 15.0. The molecule has 1 atom stereocenters. The molecule has 1 aliphatic heterocycles. The Morgan fingerprint density at radius 3 is 2.29 bits per heavy atom. The zero-order valence-corrected chi connectivity index (χ0v) is 20.6. The molecule has 1 amide bonds. The first-order chi connectivity index (χ1) is 16.5. The number of hydrogen-bond acceptors (Lipinski definition) is 4. The Labute approximate surface area is 208 Å². The van der Waals surface area contributed by atoms with E-state index in [0.717, 1.165) is 5.56 Å². The molecule has 180 valence electrons. The Bertz CT molecular complexity index is 1340. The molecule has 1 aliphatic rings. The molecule has 1 fully saturated rings. The van der Waals surface area contributed by atoms with Gasteiger partial charge in [0.25, 0.3) is 11.7 Å². The zero-order valence-electron chi connectivity index (χ0n) is 19.8. The number of halogens is 2. The lowest BCUT2D eigenvalue weighted by molar-refractivity contribution is -0.132. The Kier molecular flexibility index (Phi) is 6.43. The van der Waals surface area contributed by atoms with E-state index >= 15 is 4.39 Å². The van der Waals surface area contributed by atoms with Gasteiger partial charge in [0.1, 0.15) is 17.3 Å². The topological polar surface area (TPSA) is 66.8 Å². The van der Waals surface area contributed by atoms with E-state index in [1.54, 1.807) is 55.6 Å². The summed E-state index contributed by atoms with van der Waals surface area (Å²) < 4.78 is 20.5. The summed E-state index contributed by atoms with van der Waals surface area (Å²) in [7, 11) is 1.56. The summed E-state index contributed by atoms with van der Waals surface area (Å²) in [5.74, 6) is -2.14. The van der Waals surface area contributed by atoms with E-state index in [2.05, 4.69) is 0 Å². The van der Waals surface area contributed by atoms with Crippen LogP contribution in [0.1, 0.15) is 43.5 Å². The fraction of sp³-hybridized carbons (Fsp3) is 0.214. The van der Waals surface area contributed by atoms with Crippen molar-refractivity contribution in [2.75, 3.05) is 12.0 Å².